The molecule has 0 saturated heterocycles. The van der Waals surface area contributed by atoms with Crippen molar-refractivity contribution in [2.24, 2.45) is 5.73 Å². The van der Waals surface area contributed by atoms with Gasteiger partial charge in [-0.2, -0.15) is 0 Å². The fraction of sp³-hybridized carbons (Fsp3) is 0. The van der Waals surface area contributed by atoms with E-state index in [1.54, 1.807) is 30.5 Å². The zero-order chi connectivity index (χ0) is 18.1. The molecule has 2 amide bonds. The molecule has 5 N–H and O–H groups in total. The highest BCUT2D eigenvalue weighted by Gasteiger charge is 2.09. The lowest BCUT2D eigenvalue weighted by Crippen LogP contribution is -2.19. The second-order valence-electron chi connectivity index (χ2n) is 5.94. The van der Waals surface area contributed by atoms with Gasteiger partial charge < -0.3 is 21.1 Å². The molecule has 2 aromatic carbocycles. The Morgan fingerprint density at radius 1 is 1.00 bits per heavy atom. The van der Waals surface area contributed by atoms with Crippen molar-refractivity contribution in [1.82, 2.24) is 9.97 Å². The predicted octanol–water partition coefficient (Wildman–Crippen LogP) is 4.09. The van der Waals surface area contributed by atoms with E-state index in [0.717, 1.165) is 33.3 Å². The number of fused-ring (bicyclic) bond motifs is 1. The van der Waals surface area contributed by atoms with Crippen molar-refractivity contribution in [2.75, 3.05) is 5.32 Å². The van der Waals surface area contributed by atoms with Crippen molar-refractivity contribution >= 4 is 22.8 Å². The van der Waals surface area contributed by atoms with E-state index in [1.807, 2.05) is 30.5 Å². The van der Waals surface area contributed by atoms with E-state index in [0.29, 0.717) is 5.69 Å². The molecule has 0 bridgehead atoms. The summed E-state index contributed by atoms with van der Waals surface area (Å²) in [6, 6.07) is 15.9. The molecule has 26 heavy (non-hydrogen) atoms. The summed E-state index contributed by atoms with van der Waals surface area (Å²) in [6.07, 6.45) is 3.71. The van der Waals surface area contributed by atoms with E-state index < -0.39 is 6.03 Å². The number of benzene rings is 2. The number of carbonyl (C=O) groups is 1. The molecule has 6 nitrogen and oxygen atoms in total. The lowest BCUT2D eigenvalue weighted by atomic mass is 10.0. The van der Waals surface area contributed by atoms with Crippen LogP contribution < -0.4 is 11.1 Å². The molecule has 6 heteroatoms. The number of amides is 2. The van der Waals surface area contributed by atoms with Crippen molar-refractivity contribution in [2.45, 2.75) is 0 Å². The van der Waals surface area contributed by atoms with Crippen LogP contribution in [-0.2, 0) is 0 Å². The van der Waals surface area contributed by atoms with Gasteiger partial charge in [-0.15, -0.1) is 0 Å². The molecule has 4 rings (SSSR count). The van der Waals surface area contributed by atoms with Gasteiger partial charge in [-0.1, -0.05) is 24.3 Å². The Hall–Kier alpha value is -3.80. The third kappa shape index (κ3) is 2.95. The van der Waals surface area contributed by atoms with Crippen molar-refractivity contribution in [1.29, 1.82) is 0 Å². The van der Waals surface area contributed by atoms with Gasteiger partial charge >= 0.3 is 6.03 Å². The Kier molecular flexibility index (Phi) is 3.78. The summed E-state index contributed by atoms with van der Waals surface area (Å²) in [7, 11) is 0. The molecule has 4 aromatic rings. The molecule has 0 radical (unpaired) electrons. The first-order valence-corrected chi connectivity index (χ1v) is 8.03. The van der Waals surface area contributed by atoms with Gasteiger partial charge in [0.15, 0.2) is 0 Å². The first kappa shape index (κ1) is 15.7. The fourth-order valence-corrected chi connectivity index (χ4v) is 2.93. The maximum atomic E-state index is 10.9. The molecule has 2 aromatic heterocycles. The van der Waals surface area contributed by atoms with Crippen molar-refractivity contribution < 1.29 is 9.90 Å². The number of primary amides is 1. The van der Waals surface area contributed by atoms with Gasteiger partial charge in [-0.25, -0.2) is 9.78 Å². The zero-order valence-corrected chi connectivity index (χ0v) is 13.7. The summed E-state index contributed by atoms with van der Waals surface area (Å²) in [5.41, 5.74) is 10.5. The van der Waals surface area contributed by atoms with Crippen LogP contribution >= 0.6 is 0 Å². The summed E-state index contributed by atoms with van der Waals surface area (Å²) >= 11 is 0. The number of rotatable bonds is 3. The van der Waals surface area contributed by atoms with Crippen molar-refractivity contribution in [3.63, 3.8) is 0 Å². The average molecular weight is 344 g/mol. The maximum Gasteiger partial charge on any atom is 0.316 e. The van der Waals surface area contributed by atoms with Crippen LogP contribution in [-0.4, -0.2) is 21.1 Å². The first-order chi connectivity index (χ1) is 12.6. The number of urea groups is 1. The van der Waals surface area contributed by atoms with Gasteiger partial charge in [-0.05, 0) is 41.5 Å². The molecule has 2 heterocycles. The summed E-state index contributed by atoms with van der Waals surface area (Å²) in [5.74, 6) is 0.233. The number of nitrogens with zero attached hydrogens (tertiary/aromatic N) is 1. The molecular weight excluding hydrogens is 328 g/mol. The topological polar surface area (TPSA) is 104 Å². The lowest BCUT2D eigenvalue weighted by Gasteiger charge is -2.06. The van der Waals surface area contributed by atoms with Crippen LogP contribution in [0, 0.1) is 0 Å². The smallest absolute Gasteiger partial charge is 0.316 e. The van der Waals surface area contributed by atoms with E-state index in [2.05, 4.69) is 21.4 Å². The van der Waals surface area contributed by atoms with Crippen LogP contribution in [0.5, 0.6) is 5.75 Å². The number of pyridine rings is 1. The van der Waals surface area contributed by atoms with Gasteiger partial charge in [0.05, 0.1) is 0 Å². The highest BCUT2D eigenvalue weighted by atomic mass is 16.3. The van der Waals surface area contributed by atoms with E-state index in [-0.39, 0.29) is 5.75 Å². The minimum atomic E-state index is -0.591. The minimum Gasteiger partial charge on any atom is -0.508 e. The standard InChI is InChI=1S/C20H16N4O2/c21-20(26)24-15-5-1-12(2-6-15)14-9-17-18(11-23-19(17)22-10-14)13-3-7-16(25)8-4-13/h1-11,25H,(H,22,23)(H3,21,24,26). The summed E-state index contributed by atoms with van der Waals surface area (Å²) in [6.45, 7) is 0. The molecule has 0 aliphatic heterocycles. The summed E-state index contributed by atoms with van der Waals surface area (Å²) < 4.78 is 0. The number of carbonyl (C=O) groups excluding carboxylic acids is 1. The molecule has 0 atom stereocenters. The Morgan fingerprint density at radius 3 is 2.38 bits per heavy atom. The average Bonchev–Trinajstić information content (AvgIpc) is 3.06. The number of aromatic nitrogens is 2. The molecule has 0 spiro atoms. The molecule has 0 fully saturated rings. The van der Waals surface area contributed by atoms with Gasteiger partial charge in [-0.3, -0.25) is 0 Å². The number of H-pyrrole nitrogens is 1. The highest BCUT2D eigenvalue weighted by Crippen LogP contribution is 2.32. The number of aromatic amines is 1. The quantitative estimate of drug-likeness (QED) is 0.450. The Morgan fingerprint density at radius 2 is 1.69 bits per heavy atom. The zero-order valence-electron chi connectivity index (χ0n) is 13.7. The number of hydrogen-bond donors (Lipinski definition) is 4. The number of hydrogen-bond acceptors (Lipinski definition) is 3. The predicted molar refractivity (Wildman–Crippen MR) is 102 cm³/mol. The third-order valence-corrected chi connectivity index (χ3v) is 4.20. The van der Waals surface area contributed by atoms with Crippen LogP contribution in [0.2, 0.25) is 0 Å². The van der Waals surface area contributed by atoms with Crippen molar-refractivity contribution in [3.05, 3.63) is 67.0 Å². The Labute approximate surface area is 149 Å². The fourth-order valence-electron chi connectivity index (χ4n) is 2.93. The van der Waals surface area contributed by atoms with Crippen molar-refractivity contribution in [3.8, 4) is 28.0 Å². The molecule has 0 unspecified atom stereocenters. The second-order valence-corrected chi connectivity index (χ2v) is 5.94. The van der Waals surface area contributed by atoms with E-state index in [1.165, 1.54) is 0 Å². The number of nitrogens with one attached hydrogen (secondary N) is 2. The largest absolute Gasteiger partial charge is 0.508 e. The van der Waals surface area contributed by atoms with Crippen LogP contribution in [0.25, 0.3) is 33.3 Å². The number of phenols is 1. The van der Waals surface area contributed by atoms with Gasteiger partial charge in [0.25, 0.3) is 0 Å². The third-order valence-electron chi connectivity index (χ3n) is 4.20. The monoisotopic (exact) mass is 344 g/mol. The SMILES string of the molecule is NC(=O)Nc1ccc(-c2cnc3[nH]cc(-c4ccc(O)cc4)c3c2)cc1. The summed E-state index contributed by atoms with van der Waals surface area (Å²) in [5, 5.41) is 13.0. The maximum absolute atomic E-state index is 10.9. The summed E-state index contributed by atoms with van der Waals surface area (Å²) in [4.78, 5) is 18.6. The Balaban J connectivity index is 1.74. The number of aromatic hydroxyl groups is 1. The van der Waals surface area contributed by atoms with Crippen LogP contribution in [0.15, 0.2) is 67.0 Å². The lowest BCUT2D eigenvalue weighted by molar-refractivity contribution is 0.259. The number of nitrogens with two attached hydrogens (primary N) is 1. The second kappa shape index (κ2) is 6.25. The van der Waals surface area contributed by atoms with Gasteiger partial charge in [0.2, 0.25) is 0 Å². The molecular formula is C20H16N4O2. The highest BCUT2D eigenvalue weighted by molar-refractivity contribution is 5.96. The van der Waals surface area contributed by atoms with E-state index in [4.69, 9.17) is 5.73 Å². The number of phenolic OH excluding ortho intramolecular Hbond substituents is 1. The molecule has 0 aliphatic rings. The minimum absolute atomic E-state index is 0.233. The number of anilines is 1. The van der Waals surface area contributed by atoms with Crippen LogP contribution in [0.1, 0.15) is 0 Å². The van der Waals surface area contributed by atoms with E-state index >= 15 is 0 Å². The molecule has 0 saturated carbocycles. The van der Waals surface area contributed by atoms with Crippen LogP contribution in [0.3, 0.4) is 0 Å². The van der Waals surface area contributed by atoms with Gasteiger partial charge in [0, 0.05) is 34.6 Å². The molecule has 128 valence electrons. The first-order valence-electron chi connectivity index (χ1n) is 8.03. The normalized spacial score (nSPS) is 10.8. The Bertz CT molecular complexity index is 1080. The molecule has 0 aliphatic carbocycles. The van der Waals surface area contributed by atoms with E-state index in [9.17, 15) is 9.90 Å². The van der Waals surface area contributed by atoms with Gasteiger partial charge in [0.1, 0.15) is 11.4 Å². The van der Waals surface area contributed by atoms with Crippen LogP contribution in [0.4, 0.5) is 10.5 Å².